The monoisotopic (exact) mass is 230 g/mol. The van der Waals surface area contributed by atoms with Crippen molar-refractivity contribution in [3.8, 4) is 0 Å². The van der Waals surface area contributed by atoms with Crippen LogP contribution >= 0.6 is 11.8 Å². The minimum absolute atomic E-state index is 0.0545. The Morgan fingerprint density at radius 1 is 1.60 bits per heavy atom. The third-order valence-corrected chi connectivity index (χ3v) is 2.92. The number of carboxylic acids is 1. The number of hydrogen-bond donors (Lipinski definition) is 2. The summed E-state index contributed by atoms with van der Waals surface area (Å²) in [7, 11) is 0. The first-order valence-corrected chi connectivity index (χ1v) is 5.23. The van der Waals surface area contributed by atoms with E-state index in [1.54, 1.807) is 6.92 Å². The number of aromatic carboxylic acids is 1. The maximum Gasteiger partial charge on any atom is 0.336 e. The number of aliphatic hydroxyl groups is 1. The van der Waals surface area contributed by atoms with Gasteiger partial charge in [-0.05, 0) is 18.2 Å². The van der Waals surface area contributed by atoms with E-state index >= 15 is 0 Å². The molecule has 0 spiro atoms. The van der Waals surface area contributed by atoms with Gasteiger partial charge in [-0.15, -0.1) is 11.8 Å². The van der Waals surface area contributed by atoms with Gasteiger partial charge in [-0.1, -0.05) is 6.92 Å². The van der Waals surface area contributed by atoms with Gasteiger partial charge < -0.3 is 10.2 Å². The van der Waals surface area contributed by atoms with E-state index in [9.17, 15) is 9.18 Å². The maximum absolute atomic E-state index is 12.8. The van der Waals surface area contributed by atoms with Crippen molar-refractivity contribution in [1.29, 1.82) is 0 Å². The predicted molar refractivity (Wildman–Crippen MR) is 55.8 cm³/mol. The lowest BCUT2D eigenvalue weighted by atomic mass is 10.2. The second-order valence-corrected chi connectivity index (χ2v) is 4.54. The molecule has 0 fully saturated rings. The summed E-state index contributed by atoms with van der Waals surface area (Å²) in [5, 5.41) is 17.6. The van der Waals surface area contributed by atoms with Crippen LogP contribution in [0.4, 0.5) is 4.39 Å². The van der Waals surface area contributed by atoms with Crippen molar-refractivity contribution >= 4 is 17.7 Å². The van der Waals surface area contributed by atoms with Crippen LogP contribution in [0.1, 0.15) is 17.3 Å². The van der Waals surface area contributed by atoms with Crippen molar-refractivity contribution in [3.63, 3.8) is 0 Å². The van der Waals surface area contributed by atoms with Crippen LogP contribution in [-0.2, 0) is 0 Å². The molecule has 0 bridgehead atoms. The van der Waals surface area contributed by atoms with Gasteiger partial charge in [-0.25, -0.2) is 9.18 Å². The summed E-state index contributed by atoms with van der Waals surface area (Å²) in [5.74, 6) is -1.74. The molecule has 0 amide bonds. The summed E-state index contributed by atoms with van der Waals surface area (Å²) in [6.45, 7) is 1.71. The van der Waals surface area contributed by atoms with Crippen molar-refractivity contribution in [2.75, 3.05) is 6.61 Å². The quantitative estimate of drug-likeness (QED) is 0.777. The second kappa shape index (κ2) is 5.14. The predicted octanol–water partition coefficient (Wildman–Crippen LogP) is 2.00. The Bertz CT molecular complexity index is 368. The molecule has 0 aliphatic rings. The lowest BCUT2D eigenvalue weighted by molar-refractivity contribution is 0.0692. The molecule has 1 atom stereocenters. The first kappa shape index (κ1) is 12.0. The van der Waals surface area contributed by atoms with Crippen LogP contribution in [0.2, 0.25) is 0 Å². The normalized spacial score (nSPS) is 12.5. The molecule has 0 saturated heterocycles. The molecule has 2 N–H and O–H groups in total. The number of benzene rings is 1. The molecule has 0 heterocycles. The van der Waals surface area contributed by atoms with Gasteiger partial charge in [0, 0.05) is 10.1 Å². The Kier molecular flexibility index (Phi) is 4.11. The summed E-state index contributed by atoms with van der Waals surface area (Å²) in [6.07, 6.45) is 0. The number of aliphatic hydroxyl groups excluding tert-OH is 1. The number of carboxylic acid groups (broad SMARTS) is 1. The Morgan fingerprint density at radius 2 is 2.27 bits per heavy atom. The fourth-order valence-corrected chi connectivity index (χ4v) is 1.95. The lowest BCUT2D eigenvalue weighted by Gasteiger charge is -2.09. The van der Waals surface area contributed by atoms with Gasteiger partial charge in [0.15, 0.2) is 0 Å². The molecule has 1 unspecified atom stereocenters. The highest BCUT2D eigenvalue weighted by Crippen LogP contribution is 2.27. The summed E-state index contributed by atoms with van der Waals surface area (Å²) >= 11 is 1.21. The van der Waals surface area contributed by atoms with E-state index in [4.69, 9.17) is 10.2 Å². The maximum atomic E-state index is 12.8. The van der Waals surface area contributed by atoms with E-state index in [0.29, 0.717) is 4.90 Å². The second-order valence-electron chi connectivity index (χ2n) is 3.06. The van der Waals surface area contributed by atoms with E-state index in [1.807, 2.05) is 0 Å². The highest BCUT2D eigenvalue weighted by Gasteiger charge is 2.13. The van der Waals surface area contributed by atoms with Gasteiger partial charge in [0.05, 0.1) is 12.2 Å². The molecule has 15 heavy (non-hydrogen) atoms. The molecule has 0 aromatic heterocycles. The number of rotatable bonds is 4. The highest BCUT2D eigenvalue weighted by molar-refractivity contribution is 8.00. The largest absolute Gasteiger partial charge is 0.478 e. The van der Waals surface area contributed by atoms with Crippen LogP contribution in [0.15, 0.2) is 23.1 Å². The number of carbonyl (C=O) groups is 1. The first-order chi connectivity index (χ1) is 7.04. The Labute approximate surface area is 90.9 Å². The summed E-state index contributed by atoms with van der Waals surface area (Å²) in [4.78, 5) is 11.3. The molecule has 82 valence electrons. The van der Waals surface area contributed by atoms with Crippen LogP contribution < -0.4 is 0 Å². The first-order valence-electron chi connectivity index (χ1n) is 4.35. The molecule has 1 aromatic carbocycles. The lowest BCUT2D eigenvalue weighted by Crippen LogP contribution is -2.05. The van der Waals surface area contributed by atoms with Gasteiger partial charge in [-0.2, -0.15) is 0 Å². The summed E-state index contributed by atoms with van der Waals surface area (Å²) < 4.78 is 12.8. The van der Waals surface area contributed by atoms with Crippen LogP contribution in [0, 0.1) is 5.82 Å². The molecule has 1 rings (SSSR count). The van der Waals surface area contributed by atoms with E-state index in [2.05, 4.69) is 0 Å². The van der Waals surface area contributed by atoms with E-state index in [-0.39, 0.29) is 17.4 Å². The molecule has 5 heteroatoms. The molecule has 3 nitrogen and oxygen atoms in total. The molecule has 0 aliphatic heterocycles. The van der Waals surface area contributed by atoms with E-state index < -0.39 is 11.8 Å². The van der Waals surface area contributed by atoms with Crippen molar-refractivity contribution in [1.82, 2.24) is 0 Å². The Hall–Kier alpha value is -1.07. The average Bonchev–Trinajstić information content (AvgIpc) is 2.20. The molecular weight excluding hydrogens is 219 g/mol. The van der Waals surface area contributed by atoms with Gasteiger partial charge in [0.2, 0.25) is 0 Å². The minimum Gasteiger partial charge on any atom is -0.478 e. The van der Waals surface area contributed by atoms with Crippen molar-refractivity contribution in [2.45, 2.75) is 17.1 Å². The SMILES string of the molecule is CC(CO)Sc1ccc(F)cc1C(=O)O. The van der Waals surface area contributed by atoms with Gasteiger partial charge in [0.1, 0.15) is 5.82 Å². The van der Waals surface area contributed by atoms with Crippen LogP contribution in [0.3, 0.4) is 0 Å². The zero-order chi connectivity index (χ0) is 11.4. The number of hydrogen-bond acceptors (Lipinski definition) is 3. The number of thioether (sulfide) groups is 1. The Morgan fingerprint density at radius 3 is 2.80 bits per heavy atom. The Balaban J connectivity index is 3.01. The van der Waals surface area contributed by atoms with Crippen LogP contribution in [-0.4, -0.2) is 28.0 Å². The highest BCUT2D eigenvalue weighted by atomic mass is 32.2. The molecular formula is C10H11FO3S. The third kappa shape index (κ3) is 3.21. The van der Waals surface area contributed by atoms with Crippen molar-refractivity contribution < 1.29 is 19.4 Å². The molecule has 0 radical (unpaired) electrons. The van der Waals surface area contributed by atoms with E-state index in [1.165, 1.54) is 23.9 Å². The molecule has 1 aromatic rings. The van der Waals surface area contributed by atoms with Crippen LogP contribution in [0.25, 0.3) is 0 Å². The topological polar surface area (TPSA) is 57.5 Å². The standard InChI is InChI=1S/C10H11FO3S/c1-6(5-12)15-9-3-2-7(11)4-8(9)10(13)14/h2-4,6,12H,5H2,1H3,(H,13,14). The molecule has 0 aliphatic carbocycles. The average molecular weight is 230 g/mol. The van der Waals surface area contributed by atoms with Crippen molar-refractivity contribution in [3.05, 3.63) is 29.6 Å². The van der Waals surface area contributed by atoms with Crippen molar-refractivity contribution in [2.24, 2.45) is 0 Å². The summed E-state index contributed by atoms with van der Waals surface area (Å²) in [5.41, 5.74) is -0.0692. The zero-order valence-electron chi connectivity index (χ0n) is 8.11. The zero-order valence-corrected chi connectivity index (χ0v) is 8.92. The fourth-order valence-electron chi connectivity index (χ4n) is 1.03. The molecule has 0 saturated carbocycles. The van der Waals surface area contributed by atoms with E-state index in [0.717, 1.165) is 6.07 Å². The van der Waals surface area contributed by atoms with Gasteiger partial charge >= 0.3 is 5.97 Å². The number of halogens is 1. The fraction of sp³-hybridized carbons (Fsp3) is 0.300. The third-order valence-electron chi connectivity index (χ3n) is 1.76. The van der Waals surface area contributed by atoms with Gasteiger partial charge in [-0.3, -0.25) is 0 Å². The smallest absolute Gasteiger partial charge is 0.336 e. The van der Waals surface area contributed by atoms with Gasteiger partial charge in [0.25, 0.3) is 0 Å². The summed E-state index contributed by atoms with van der Waals surface area (Å²) in [6, 6.07) is 3.60. The minimum atomic E-state index is -1.16. The van der Waals surface area contributed by atoms with Crippen LogP contribution in [0.5, 0.6) is 0 Å².